The summed E-state index contributed by atoms with van der Waals surface area (Å²) in [7, 11) is 0. The van der Waals surface area contributed by atoms with Crippen LogP contribution in [0.3, 0.4) is 0 Å². The molecule has 0 aliphatic heterocycles. The number of rotatable bonds is 19. The predicted octanol–water partition coefficient (Wildman–Crippen LogP) is 6.39. The zero-order valence-corrected chi connectivity index (χ0v) is 16.7. The minimum absolute atomic E-state index is 0.0675. The van der Waals surface area contributed by atoms with Gasteiger partial charge in [0.2, 0.25) is 0 Å². The quantitative estimate of drug-likeness (QED) is 0.160. The van der Waals surface area contributed by atoms with E-state index in [1.54, 1.807) is 0 Å². The topological polar surface area (TPSA) is 46.5 Å². The average molecular weight is 382 g/mol. The van der Waals surface area contributed by atoms with Gasteiger partial charge in [0.1, 0.15) is 6.08 Å². The molecule has 0 saturated heterocycles. The molecule has 0 fully saturated rings. The molecule has 0 bridgehead atoms. The lowest BCUT2D eigenvalue weighted by Gasteiger charge is -2.12. The van der Waals surface area contributed by atoms with Gasteiger partial charge in [0, 0.05) is 9.16 Å². The van der Waals surface area contributed by atoms with Crippen molar-refractivity contribution < 1.29 is 21.5 Å². The first-order chi connectivity index (χ1) is 14.0. The Morgan fingerprint density at radius 3 is 1.68 bits per heavy atom. The summed E-state index contributed by atoms with van der Waals surface area (Å²) in [4.78, 5) is 11.8. The first kappa shape index (κ1) is 16.9. The number of halogens is 1. The molecule has 25 heavy (non-hydrogen) atoms. The van der Waals surface area contributed by atoms with Crippen LogP contribution in [0, 0.1) is 0 Å². The van der Waals surface area contributed by atoms with Crippen LogP contribution in [0.4, 0.5) is 0 Å². The molecule has 0 amide bonds. The fourth-order valence-electron chi connectivity index (χ4n) is 2.87. The predicted molar refractivity (Wildman–Crippen MR) is 107 cm³/mol. The van der Waals surface area contributed by atoms with Crippen LogP contribution < -0.4 is 0 Å². The monoisotopic (exact) mass is 381 g/mol. The lowest BCUT2D eigenvalue weighted by atomic mass is 10.0. The lowest BCUT2D eigenvalue weighted by molar-refractivity contribution is -0.149. The van der Waals surface area contributed by atoms with E-state index in [2.05, 4.69) is 11.7 Å². The Morgan fingerprint density at radius 1 is 0.920 bits per heavy atom. The highest BCUT2D eigenvalue weighted by atomic mass is 35.5. The number of hydrogen-bond donors (Lipinski definition) is 1. The fourth-order valence-corrected chi connectivity index (χ4v) is 2.95. The Balaban J connectivity index is 3.70. The lowest BCUT2D eigenvalue weighted by Crippen LogP contribution is -2.23. The molecule has 0 saturated carbocycles. The highest BCUT2D eigenvalue weighted by molar-refractivity contribution is 6.18. The first-order valence-electron chi connectivity index (χ1n) is 12.6. The normalized spacial score (nSPS) is 17.6. The van der Waals surface area contributed by atoms with E-state index < -0.39 is 24.4 Å². The van der Waals surface area contributed by atoms with E-state index >= 15 is 0 Å². The van der Waals surface area contributed by atoms with Gasteiger partial charge in [0.05, 0.1) is 16.5 Å². The maximum absolute atomic E-state index is 11.8. The van der Waals surface area contributed by atoms with Gasteiger partial charge in [0.15, 0.2) is 0 Å². The molecular formula is C21H41ClO3. The van der Waals surface area contributed by atoms with Crippen LogP contribution in [-0.4, -0.2) is 29.5 Å². The summed E-state index contributed by atoms with van der Waals surface area (Å²) in [6.45, 7) is -1.19. The van der Waals surface area contributed by atoms with Crippen LogP contribution in [0.25, 0.3) is 0 Å². The van der Waals surface area contributed by atoms with E-state index in [9.17, 15) is 9.90 Å². The number of alkyl halides is 1. The Hall–Kier alpha value is -0.280. The second-order valence-electron chi connectivity index (χ2n) is 6.71. The van der Waals surface area contributed by atoms with E-state index in [4.69, 9.17) is 18.5 Å². The van der Waals surface area contributed by atoms with Crippen molar-refractivity contribution in [3.05, 3.63) is 0 Å². The van der Waals surface area contributed by atoms with E-state index in [1.807, 2.05) is 0 Å². The highest BCUT2D eigenvalue weighted by Gasteiger charge is 2.11. The maximum atomic E-state index is 11.8. The third kappa shape index (κ3) is 18.3. The van der Waals surface area contributed by atoms with Crippen LogP contribution in [-0.2, 0) is 9.53 Å². The summed E-state index contributed by atoms with van der Waals surface area (Å²) in [5, 5.41) is 9.37. The van der Waals surface area contributed by atoms with Crippen LogP contribution in [0.5, 0.6) is 0 Å². The summed E-state index contributed by atoms with van der Waals surface area (Å²) in [6, 6.07) is 0. The smallest absolute Gasteiger partial charge is 0.306 e. The second-order valence-corrected chi connectivity index (χ2v) is 6.90. The molecule has 0 rings (SSSR count). The highest BCUT2D eigenvalue weighted by Crippen LogP contribution is 2.14. The SMILES string of the molecule is [2H]C([2H])(O)C([2H])(OC(=O)CCCCCCCCCCCCCCCCC)C([2H])([2H])Cl. The largest absolute Gasteiger partial charge is 0.459 e. The zero-order valence-electron chi connectivity index (χ0n) is 21.0. The third-order valence-corrected chi connectivity index (χ3v) is 4.56. The van der Waals surface area contributed by atoms with Crippen molar-refractivity contribution in [3.8, 4) is 0 Å². The fraction of sp³-hybridized carbons (Fsp3) is 0.952. The number of carbonyl (C=O) groups is 1. The van der Waals surface area contributed by atoms with Crippen molar-refractivity contribution in [2.75, 3.05) is 12.4 Å². The number of unbranched alkanes of at least 4 members (excludes halogenated alkanes) is 14. The van der Waals surface area contributed by atoms with Gasteiger partial charge in [-0.25, -0.2) is 0 Å². The van der Waals surface area contributed by atoms with Crippen molar-refractivity contribution in [2.24, 2.45) is 0 Å². The third-order valence-electron chi connectivity index (χ3n) is 4.39. The molecule has 0 aromatic carbocycles. The van der Waals surface area contributed by atoms with E-state index in [-0.39, 0.29) is 6.42 Å². The summed E-state index contributed by atoms with van der Waals surface area (Å²) in [5.74, 6) is -4.02. The summed E-state index contributed by atoms with van der Waals surface area (Å²) in [6.07, 6.45) is 14.5. The Morgan fingerprint density at radius 2 is 1.32 bits per heavy atom. The van der Waals surface area contributed by atoms with Crippen LogP contribution >= 0.6 is 11.6 Å². The summed E-state index contributed by atoms with van der Waals surface area (Å²) < 4.78 is 41.2. The molecule has 0 aromatic heterocycles. The standard InChI is InChI=1S/C21H41ClO3/c1-2-3-4-5-6-7-8-9-10-11-12-13-14-15-16-17-21(24)25-20(18-22)19-23/h20,23H,2-19H2,1H3/i18D2,19D2,20D. The molecule has 0 spiro atoms. The van der Waals surface area contributed by atoms with Gasteiger partial charge < -0.3 is 9.84 Å². The minimum atomic E-state index is -3.43. The van der Waals surface area contributed by atoms with E-state index in [0.29, 0.717) is 6.42 Å². The summed E-state index contributed by atoms with van der Waals surface area (Å²) in [5.41, 5.74) is 0. The molecule has 4 heteroatoms. The Kier molecular flexibility index (Phi) is 13.5. The molecule has 1 atom stereocenters. The van der Waals surface area contributed by atoms with Crippen LogP contribution in [0.15, 0.2) is 0 Å². The number of ether oxygens (including phenoxy) is 1. The van der Waals surface area contributed by atoms with Crippen molar-refractivity contribution >= 4 is 17.6 Å². The van der Waals surface area contributed by atoms with Crippen molar-refractivity contribution in [1.29, 1.82) is 0 Å². The minimum Gasteiger partial charge on any atom is -0.459 e. The van der Waals surface area contributed by atoms with Gasteiger partial charge in [-0.1, -0.05) is 96.8 Å². The van der Waals surface area contributed by atoms with Gasteiger partial charge in [-0.2, -0.15) is 0 Å². The van der Waals surface area contributed by atoms with Gasteiger partial charge >= 0.3 is 5.97 Å². The second kappa shape index (κ2) is 20.0. The molecule has 1 unspecified atom stereocenters. The number of esters is 1. The molecule has 0 heterocycles. The Bertz CT molecular complexity index is 439. The molecular weight excluding hydrogens is 336 g/mol. The van der Waals surface area contributed by atoms with Crippen molar-refractivity contribution in [1.82, 2.24) is 0 Å². The van der Waals surface area contributed by atoms with Crippen LogP contribution in [0.1, 0.15) is 117 Å². The molecule has 0 radical (unpaired) electrons. The van der Waals surface area contributed by atoms with Gasteiger partial charge in [-0.15, -0.1) is 11.6 Å². The Labute approximate surface area is 167 Å². The zero-order chi connectivity index (χ0) is 23.1. The van der Waals surface area contributed by atoms with Crippen molar-refractivity contribution in [3.63, 3.8) is 0 Å². The van der Waals surface area contributed by atoms with Gasteiger partial charge in [0.25, 0.3) is 0 Å². The molecule has 0 aromatic rings. The van der Waals surface area contributed by atoms with Crippen LogP contribution in [0.2, 0.25) is 0 Å². The van der Waals surface area contributed by atoms with Gasteiger partial charge in [-0.3, -0.25) is 4.79 Å². The van der Waals surface area contributed by atoms with Gasteiger partial charge in [-0.05, 0) is 6.42 Å². The first-order valence-corrected chi connectivity index (χ1v) is 10.5. The number of hydrogen-bond acceptors (Lipinski definition) is 3. The molecule has 0 aliphatic rings. The van der Waals surface area contributed by atoms with E-state index in [0.717, 1.165) is 19.3 Å². The van der Waals surface area contributed by atoms with E-state index in [1.165, 1.54) is 70.6 Å². The number of carbonyl (C=O) groups excluding carboxylic acids is 1. The average Bonchev–Trinajstić information content (AvgIpc) is 2.63. The molecule has 3 nitrogen and oxygen atoms in total. The molecule has 150 valence electrons. The summed E-state index contributed by atoms with van der Waals surface area (Å²) >= 11 is 5.34. The van der Waals surface area contributed by atoms with Crippen molar-refractivity contribution in [2.45, 2.75) is 116 Å². The molecule has 1 N–H and O–H groups in total. The maximum Gasteiger partial charge on any atom is 0.306 e. The number of aliphatic hydroxyl groups is 1. The molecule has 0 aliphatic carbocycles.